The fraction of sp³-hybridized carbons (Fsp3) is 0.429. The van der Waals surface area contributed by atoms with Gasteiger partial charge in [-0.05, 0) is 6.08 Å². The summed E-state index contributed by atoms with van der Waals surface area (Å²) in [4.78, 5) is 14.7. The second kappa shape index (κ2) is 4.18. The van der Waals surface area contributed by atoms with Crippen molar-refractivity contribution >= 4 is 22.8 Å². The average molecular weight is 171 g/mol. The summed E-state index contributed by atoms with van der Waals surface area (Å²) in [5.41, 5.74) is 0. The van der Waals surface area contributed by atoms with E-state index in [9.17, 15) is 4.79 Å². The predicted molar refractivity (Wildman–Crippen MR) is 45.9 cm³/mol. The molecule has 0 N–H and O–H groups in total. The lowest BCUT2D eigenvalue weighted by molar-refractivity contribution is -0.134. The second-order valence-electron chi connectivity index (χ2n) is 1.92. The lowest BCUT2D eigenvalue weighted by Gasteiger charge is -1.89. The summed E-state index contributed by atoms with van der Waals surface area (Å²) in [6.07, 6.45) is 3.07. The monoisotopic (exact) mass is 171 g/mol. The number of carbonyl (C=O) groups is 1. The van der Waals surface area contributed by atoms with Gasteiger partial charge in [-0.2, -0.15) is 0 Å². The molecule has 1 rings (SSSR count). The van der Waals surface area contributed by atoms with E-state index in [1.807, 2.05) is 0 Å². The molecule has 0 aromatic carbocycles. The molecule has 0 radical (unpaired) electrons. The van der Waals surface area contributed by atoms with Gasteiger partial charge in [-0.3, -0.25) is 4.99 Å². The van der Waals surface area contributed by atoms with Crippen LogP contribution >= 0.6 is 11.8 Å². The predicted octanol–water partition coefficient (Wildman–Crippen LogP) is 0.861. The Morgan fingerprint density at radius 3 is 3.18 bits per heavy atom. The molecule has 0 fully saturated rings. The summed E-state index contributed by atoms with van der Waals surface area (Å²) in [6, 6.07) is 0. The Bertz CT molecular complexity index is 210. The van der Waals surface area contributed by atoms with Crippen LogP contribution in [0.3, 0.4) is 0 Å². The fourth-order valence-electron chi connectivity index (χ4n) is 0.660. The van der Waals surface area contributed by atoms with Crippen LogP contribution in [0, 0.1) is 0 Å². The molecule has 1 aliphatic heterocycles. The summed E-state index contributed by atoms with van der Waals surface area (Å²) < 4.78 is 4.42. The molecule has 0 spiro atoms. The molecule has 0 aliphatic carbocycles. The van der Waals surface area contributed by atoms with Crippen LogP contribution in [0.5, 0.6) is 0 Å². The van der Waals surface area contributed by atoms with E-state index in [0.717, 1.165) is 17.3 Å². The third kappa shape index (κ3) is 2.76. The van der Waals surface area contributed by atoms with Crippen molar-refractivity contribution in [2.45, 2.75) is 0 Å². The van der Waals surface area contributed by atoms with Crippen molar-refractivity contribution in [2.75, 3.05) is 19.4 Å². The maximum Gasteiger partial charge on any atom is 0.330 e. The van der Waals surface area contributed by atoms with Crippen LogP contribution in [-0.4, -0.2) is 30.4 Å². The third-order valence-electron chi connectivity index (χ3n) is 1.17. The van der Waals surface area contributed by atoms with Gasteiger partial charge in [-0.15, -0.1) is 11.8 Å². The molecule has 1 heterocycles. The molecule has 11 heavy (non-hydrogen) atoms. The Labute approximate surface area is 69.5 Å². The highest BCUT2D eigenvalue weighted by Crippen LogP contribution is 2.11. The maximum absolute atomic E-state index is 10.6. The summed E-state index contributed by atoms with van der Waals surface area (Å²) in [5.74, 6) is 0.682. The number of esters is 1. The van der Waals surface area contributed by atoms with Crippen LogP contribution in [0.25, 0.3) is 0 Å². The van der Waals surface area contributed by atoms with E-state index in [-0.39, 0.29) is 5.97 Å². The van der Waals surface area contributed by atoms with Crippen molar-refractivity contribution in [1.82, 2.24) is 0 Å². The highest BCUT2D eigenvalue weighted by molar-refractivity contribution is 8.14. The molecule has 0 atom stereocenters. The number of methoxy groups -OCH3 is 1. The van der Waals surface area contributed by atoms with E-state index in [1.54, 1.807) is 17.8 Å². The lowest BCUT2D eigenvalue weighted by Crippen LogP contribution is -1.94. The number of nitrogens with zero attached hydrogens (tertiary/aromatic N) is 1. The maximum atomic E-state index is 10.6. The van der Waals surface area contributed by atoms with Gasteiger partial charge in [0.05, 0.1) is 12.2 Å². The molecule has 4 heteroatoms. The molecular formula is C7H9NO2S. The fourth-order valence-corrected chi connectivity index (χ4v) is 1.40. The Hall–Kier alpha value is -0.770. The number of rotatable bonds is 2. The Morgan fingerprint density at radius 2 is 2.64 bits per heavy atom. The summed E-state index contributed by atoms with van der Waals surface area (Å²) in [5, 5.41) is 0.912. The van der Waals surface area contributed by atoms with Crippen molar-refractivity contribution in [3.05, 3.63) is 12.2 Å². The molecule has 0 amide bonds. The molecule has 60 valence electrons. The van der Waals surface area contributed by atoms with Crippen molar-refractivity contribution in [2.24, 2.45) is 4.99 Å². The molecule has 0 unspecified atom stereocenters. The standard InChI is InChI=1S/C7H9NO2S/c1-10-7(9)3-2-6-8-4-5-11-6/h2-3H,4-5H2,1H3. The Balaban J connectivity index is 2.40. The first-order valence-electron chi connectivity index (χ1n) is 3.26. The molecule has 1 aliphatic rings. The minimum Gasteiger partial charge on any atom is -0.466 e. The molecule has 0 aromatic heterocycles. The van der Waals surface area contributed by atoms with Gasteiger partial charge in [-0.1, -0.05) is 0 Å². The van der Waals surface area contributed by atoms with Gasteiger partial charge in [0, 0.05) is 18.4 Å². The van der Waals surface area contributed by atoms with Crippen LogP contribution in [0.4, 0.5) is 0 Å². The highest BCUT2D eigenvalue weighted by atomic mass is 32.2. The lowest BCUT2D eigenvalue weighted by atomic mass is 10.5. The van der Waals surface area contributed by atoms with Crippen LogP contribution in [0.1, 0.15) is 0 Å². The van der Waals surface area contributed by atoms with Gasteiger partial charge in [0.2, 0.25) is 0 Å². The summed E-state index contributed by atoms with van der Waals surface area (Å²) in [7, 11) is 1.36. The molecular weight excluding hydrogens is 162 g/mol. The Kier molecular flexibility index (Phi) is 3.16. The molecule has 0 aromatic rings. The first-order chi connectivity index (χ1) is 5.33. The van der Waals surface area contributed by atoms with Crippen molar-refractivity contribution in [1.29, 1.82) is 0 Å². The average Bonchev–Trinajstić information content (AvgIpc) is 2.52. The van der Waals surface area contributed by atoms with Crippen molar-refractivity contribution in [3.63, 3.8) is 0 Å². The highest BCUT2D eigenvalue weighted by Gasteiger charge is 2.02. The molecule has 3 nitrogen and oxygen atoms in total. The largest absolute Gasteiger partial charge is 0.466 e. The normalized spacial score (nSPS) is 17.0. The Morgan fingerprint density at radius 1 is 1.82 bits per heavy atom. The van der Waals surface area contributed by atoms with Crippen molar-refractivity contribution in [3.8, 4) is 0 Å². The van der Waals surface area contributed by atoms with Crippen molar-refractivity contribution < 1.29 is 9.53 Å². The summed E-state index contributed by atoms with van der Waals surface area (Å²) in [6.45, 7) is 0.853. The first kappa shape index (κ1) is 8.33. The van der Waals surface area contributed by atoms with Gasteiger partial charge >= 0.3 is 5.97 Å². The van der Waals surface area contributed by atoms with Gasteiger partial charge in [0.1, 0.15) is 0 Å². The van der Waals surface area contributed by atoms with Gasteiger partial charge in [0.25, 0.3) is 0 Å². The van der Waals surface area contributed by atoms with E-state index in [2.05, 4.69) is 9.73 Å². The van der Waals surface area contributed by atoms with E-state index in [1.165, 1.54) is 13.2 Å². The van der Waals surface area contributed by atoms with Gasteiger partial charge in [-0.25, -0.2) is 4.79 Å². The SMILES string of the molecule is COC(=O)C=CC1=NCCS1. The molecule has 0 bridgehead atoms. The number of thioether (sulfide) groups is 1. The zero-order valence-electron chi connectivity index (χ0n) is 6.24. The number of hydrogen-bond donors (Lipinski definition) is 0. The van der Waals surface area contributed by atoms with Gasteiger partial charge in [0.15, 0.2) is 0 Å². The van der Waals surface area contributed by atoms with E-state index < -0.39 is 0 Å². The van der Waals surface area contributed by atoms with Crippen LogP contribution < -0.4 is 0 Å². The second-order valence-corrected chi connectivity index (χ2v) is 3.04. The minimum atomic E-state index is -0.333. The summed E-state index contributed by atoms with van der Waals surface area (Å²) >= 11 is 1.65. The van der Waals surface area contributed by atoms with Crippen LogP contribution in [-0.2, 0) is 9.53 Å². The van der Waals surface area contributed by atoms with E-state index >= 15 is 0 Å². The third-order valence-corrected chi connectivity index (χ3v) is 2.12. The van der Waals surface area contributed by atoms with Crippen LogP contribution in [0.15, 0.2) is 17.1 Å². The zero-order chi connectivity index (χ0) is 8.10. The van der Waals surface area contributed by atoms with Crippen LogP contribution in [0.2, 0.25) is 0 Å². The smallest absolute Gasteiger partial charge is 0.330 e. The number of ether oxygens (including phenoxy) is 1. The van der Waals surface area contributed by atoms with Gasteiger partial charge < -0.3 is 4.74 Å². The first-order valence-corrected chi connectivity index (χ1v) is 4.25. The topological polar surface area (TPSA) is 38.7 Å². The molecule has 0 saturated heterocycles. The van der Waals surface area contributed by atoms with E-state index in [4.69, 9.17) is 0 Å². The van der Waals surface area contributed by atoms with E-state index in [0.29, 0.717) is 0 Å². The zero-order valence-corrected chi connectivity index (χ0v) is 7.06. The quantitative estimate of drug-likeness (QED) is 0.457. The minimum absolute atomic E-state index is 0.333. The molecule has 0 saturated carbocycles. The number of carbonyl (C=O) groups excluding carboxylic acids is 1. The number of hydrogen-bond acceptors (Lipinski definition) is 4. The number of aliphatic imine (C=N–C) groups is 1.